The summed E-state index contributed by atoms with van der Waals surface area (Å²) in [5.41, 5.74) is 0.806. The number of rotatable bonds is 4. The fourth-order valence-corrected chi connectivity index (χ4v) is 3.55. The normalized spacial score (nSPS) is 18.8. The molecule has 2 aromatic heterocycles. The number of aromatic nitrogens is 2. The van der Waals surface area contributed by atoms with Crippen molar-refractivity contribution in [2.24, 2.45) is 5.92 Å². The third-order valence-electron chi connectivity index (χ3n) is 5.09. The van der Waals surface area contributed by atoms with Gasteiger partial charge in [0, 0.05) is 24.7 Å². The summed E-state index contributed by atoms with van der Waals surface area (Å²) in [5.74, 6) is 0.498. The maximum Gasteiger partial charge on any atom is 0.270 e. The smallest absolute Gasteiger partial charge is 0.270 e. The van der Waals surface area contributed by atoms with Crippen LogP contribution in [0.15, 0.2) is 18.3 Å². The Hall–Kier alpha value is -1.59. The van der Waals surface area contributed by atoms with Crippen molar-refractivity contribution in [3.63, 3.8) is 0 Å². The van der Waals surface area contributed by atoms with E-state index in [1.165, 1.54) is 0 Å². The van der Waals surface area contributed by atoms with E-state index in [1.807, 2.05) is 24.8 Å². The number of likely N-dealkylation sites (tertiary alicyclic amines) is 1. The van der Waals surface area contributed by atoms with Crippen LogP contribution in [0.5, 0.6) is 0 Å². The standard InChI is InChI=1S/C18H24ClN3O2/c1-3-18(2,24)10-12-4-6-22(7-5-12)17(23)15-8-13-11-20-16(19)9-14(13)21-15/h8-9,11-12,21,24H,3-7,10H2,1-2H3. The first-order valence-corrected chi connectivity index (χ1v) is 8.91. The first-order chi connectivity index (χ1) is 11.4. The maximum atomic E-state index is 12.7. The van der Waals surface area contributed by atoms with Crippen molar-refractivity contribution >= 4 is 28.4 Å². The van der Waals surface area contributed by atoms with Gasteiger partial charge in [-0.3, -0.25) is 4.79 Å². The molecule has 0 saturated carbocycles. The second-order valence-electron chi connectivity index (χ2n) is 7.07. The third kappa shape index (κ3) is 3.73. The van der Waals surface area contributed by atoms with Crippen LogP contribution >= 0.6 is 11.6 Å². The van der Waals surface area contributed by atoms with Crippen molar-refractivity contribution in [1.82, 2.24) is 14.9 Å². The Morgan fingerprint density at radius 2 is 2.17 bits per heavy atom. The average molecular weight is 350 g/mol. The summed E-state index contributed by atoms with van der Waals surface area (Å²) in [6, 6.07) is 3.56. The van der Waals surface area contributed by atoms with Gasteiger partial charge in [0.05, 0.1) is 11.1 Å². The second kappa shape index (κ2) is 6.73. The molecule has 1 amide bonds. The summed E-state index contributed by atoms with van der Waals surface area (Å²) < 4.78 is 0. The van der Waals surface area contributed by atoms with Gasteiger partial charge in [0.15, 0.2) is 0 Å². The predicted molar refractivity (Wildman–Crippen MR) is 95.3 cm³/mol. The highest BCUT2D eigenvalue weighted by Gasteiger charge is 2.29. The summed E-state index contributed by atoms with van der Waals surface area (Å²) >= 11 is 5.89. The third-order valence-corrected chi connectivity index (χ3v) is 5.30. The predicted octanol–water partition coefficient (Wildman–Crippen LogP) is 3.62. The number of carbonyl (C=O) groups is 1. The van der Waals surface area contributed by atoms with Crippen molar-refractivity contribution in [2.75, 3.05) is 13.1 Å². The largest absolute Gasteiger partial charge is 0.390 e. The van der Waals surface area contributed by atoms with Crippen LogP contribution in [0.25, 0.3) is 10.9 Å². The SMILES string of the molecule is CCC(C)(O)CC1CCN(C(=O)c2cc3cnc(Cl)cc3[nH]2)CC1. The lowest BCUT2D eigenvalue weighted by Gasteiger charge is -2.35. The van der Waals surface area contributed by atoms with E-state index in [2.05, 4.69) is 9.97 Å². The zero-order valence-electron chi connectivity index (χ0n) is 14.2. The minimum Gasteiger partial charge on any atom is -0.390 e. The number of carbonyl (C=O) groups excluding carboxylic acids is 1. The van der Waals surface area contributed by atoms with Crippen LogP contribution in [0.1, 0.15) is 50.0 Å². The van der Waals surface area contributed by atoms with E-state index < -0.39 is 5.60 Å². The molecule has 1 atom stereocenters. The van der Waals surface area contributed by atoms with Gasteiger partial charge in [0.2, 0.25) is 0 Å². The minimum atomic E-state index is -0.597. The molecule has 1 saturated heterocycles. The Labute approximate surface area is 147 Å². The molecule has 0 radical (unpaired) electrons. The monoisotopic (exact) mass is 349 g/mol. The molecule has 0 aliphatic carbocycles. The molecular formula is C18H24ClN3O2. The number of pyridine rings is 1. The van der Waals surface area contributed by atoms with Crippen LogP contribution in [0.4, 0.5) is 0 Å². The molecule has 2 aromatic rings. The number of piperidine rings is 1. The number of nitrogens with one attached hydrogen (secondary N) is 1. The summed E-state index contributed by atoms with van der Waals surface area (Å²) in [6.45, 7) is 5.37. The van der Waals surface area contributed by atoms with Crippen LogP contribution in [0.3, 0.4) is 0 Å². The number of hydrogen-bond donors (Lipinski definition) is 2. The zero-order valence-corrected chi connectivity index (χ0v) is 14.9. The molecule has 6 heteroatoms. The Morgan fingerprint density at radius 3 is 2.83 bits per heavy atom. The van der Waals surface area contributed by atoms with Crippen molar-refractivity contribution in [3.8, 4) is 0 Å². The molecule has 130 valence electrons. The van der Waals surface area contributed by atoms with E-state index in [4.69, 9.17) is 11.6 Å². The summed E-state index contributed by atoms with van der Waals surface area (Å²) in [7, 11) is 0. The molecule has 24 heavy (non-hydrogen) atoms. The Balaban J connectivity index is 1.64. The maximum absolute atomic E-state index is 12.7. The molecule has 1 aliphatic rings. The summed E-state index contributed by atoms with van der Waals surface area (Å²) in [6.07, 6.45) is 5.12. The molecule has 0 aromatic carbocycles. The number of amides is 1. The van der Waals surface area contributed by atoms with Gasteiger partial charge < -0.3 is 15.0 Å². The fraction of sp³-hybridized carbons (Fsp3) is 0.556. The first kappa shape index (κ1) is 17.2. The molecule has 1 aliphatic heterocycles. The van der Waals surface area contributed by atoms with E-state index in [-0.39, 0.29) is 5.91 Å². The second-order valence-corrected chi connectivity index (χ2v) is 7.45. The quantitative estimate of drug-likeness (QED) is 0.828. The van der Waals surface area contributed by atoms with Gasteiger partial charge in [-0.25, -0.2) is 4.98 Å². The highest BCUT2D eigenvalue weighted by molar-refractivity contribution is 6.30. The number of fused-ring (bicyclic) bond motifs is 1. The van der Waals surface area contributed by atoms with E-state index in [9.17, 15) is 9.90 Å². The highest BCUT2D eigenvalue weighted by atomic mass is 35.5. The van der Waals surface area contributed by atoms with Crippen LogP contribution in [-0.2, 0) is 0 Å². The Morgan fingerprint density at radius 1 is 1.46 bits per heavy atom. The van der Waals surface area contributed by atoms with Crippen molar-refractivity contribution in [2.45, 2.75) is 45.1 Å². The van der Waals surface area contributed by atoms with Crippen molar-refractivity contribution in [3.05, 3.63) is 29.2 Å². The molecule has 1 unspecified atom stereocenters. The highest BCUT2D eigenvalue weighted by Crippen LogP contribution is 2.29. The van der Waals surface area contributed by atoms with Gasteiger partial charge in [-0.15, -0.1) is 0 Å². The van der Waals surface area contributed by atoms with Crippen LogP contribution in [-0.4, -0.2) is 44.6 Å². The average Bonchev–Trinajstić information content (AvgIpc) is 2.97. The topological polar surface area (TPSA) is 69.2 Å². The summed E-state index contributed by atoms with van der Waals surface area (Å²) in [4.78, 5) is 21.8. The van der Waals surface area contributed by atoms with Crippen molar-refractivity contribution < 1.29 is 9.90 Å². The Kier molecular flexibility index (Phi) is 4.83. The molecule has 0 spiro atoms. The fourth-order valence-electron chi connectivity index (χ4n) is 3.39. The molecule has 1 fully saturated rings. The molecule has 0 bridgehead atoms. The lowest BCUT2D eigenvalue weighted by Crippen LogP contribution is -2.40. The lowest BCUT2D eigenvalue weighted by molar-refractivity contribution is 0.0179. The van der Waals surface area contributed by atoms with Gasteiger partial charge in [-0.2, -0.15) is 0 Å². The van der Waals surface area contributed by atoms with Gasteiger partial charge in [-0.1, -0.05) is 18.5 Å². The van der Waals surface area contributed by atoms with Crippen molar-refractivity contribution in [1.29, 1.82) is 0 Å². The number of hydrogen-bond acceptors (Lipinski definition) is 3. The van der Waals surface area contributed by atoms with Crippen LogP contribution in [0, 0.1) is 5.92 Å². The van der Waals surface area contributed by atoms with Gasteiger partial charge in [-0.05, 0) is 50.7 Å². The molecule has 3 rings (SSSR count). The van der Waals surface area contributed by atoms with E-state index in [1.54, 1.807) is 12.3 Å². The minimum absolute atomic E-state index is 0.0167. The van der Waals surface area contributed by atoms with Crippen LogP contribution < -0.4 is 0 Å². The van der Waals surface area contributed by atoms with Gasteiger partial charge >= 0.3 is 0 Å². The summed E-state index contributed by atoms with van der Waals surface area (Å²) in [5, 5.41) is 11.5. The first-order valence-electron chi connectivity index (χ1n) is 8.54. The number of aliphatic hydroxyl groups is 1. The molecule has 2 N–H and O–H groups in total. The zero-order chi connectivity index (χ0) is 17.3. The molecular weight excluding hydrogens is 326 g/mol. The lowest BCUT2D eigenvalue weighted by atomic mass is 9.84. The Bertz CT molecular complexity index is 733. The van der Waals surface area contributed by atoms with E-state index >= 15 is 0 Å². The molecule has 3 heterocycles. The van der Waals surface area contributed by atoms with Gasteiger partial charge in [0.25, 0.3) is 5.91 Å². The van der Waals surface area contributed by atoms with Gasteiger partial charge in [0.1, 0.15) is 10.8 Å². The van der Waals surface area contributed by atoms with Crippen LogP contribution in [0.2, 0.25) is 5.15 Å². The number of aromatic amines is 1. The number of H-pyrrole nitrogens is 1. The molecule has 5 nitrogen and oxygen atoms in total. The van der Waals surface area contributed by atoms with E-state index in [0.29, 0.717) is 16.8 Å². The van der Waals surface area contributed by atoms with E-state index in [0.717, 1.165) is 49.7 Å². The number of nitrogens with zero attached hydrogens (tertiary/aromatic N) is 2. The number of halogens is 1.